The summed E-state index contributed by atoms with van der Waals surface area (Å²) in [5, 5.41) is 9.46. The minimum Gasteiger partial charge on any atom is -0.465 e. The second-order valence-corrected chi connectivity index (χ2v) is 6.34. The first-order valence-electron chi connectivity index (χ1n) is 7.21. The molecule has 0 aliphatic rings. The third-order valence-corrected chi connectivity index (χ3v) is 4.10. The van der Waals surface area contributed by atoms with E-state index in [2.05, 4.69) is 18.0 Å². The van der Waals surface area contributed by atoms with Crippen molar-refractivity contribution < 1.29 is 9.53 Å². The van der Waals surface area contributed by atoms with Gasteiger partial charge >= 0.3 is 5.97 Å². The van der Waals surface area contributed by atoms with Crippen LogP contribution in [0.1, 0.15) is 49.9 Å². The molecule has 0 radical (unpaired) electrons. The van der Waals surface area contributed by atoms with Crippen LogP contribution in [-0.4, -0.2) is 22.8 Å². The molecule has 0 amide bonds. The monoisotopic (exact) mass is 306 g/mol. The first-order chi connectivity index (χ1) is 9.99. The Bertz CT molecular complexity index is 538. The van der Waals surface area contributed by atoms with Crippen LogP contribution in [0.3, 0.4) is 0 Å². The fourth-order valence-corrected chi connectivity index (χ4v) is 2.90. The molecule has 1 heterocycles. The van der Waals surface area contributed by atoms with Gasteiger partial charge in [0.1, 0.15) is 16.3 Å². The standard InChI is InChI=1S/C16H22N2O2S/c1-5-6-7-8-20-16(19)13(4)21-15-14(10-17)11(2)9-12(3)18-15/h9,13H,5-8H2,1-4H3. The van der Waals surface area contributed by atoms with Gasteiger partial charge in [0.25, 0.3) is 0 Å². The number of nitrogens with zero attached hydrogens (tertiary/aromatic N) is 2. The van der Waals surface area contributed by atoms with Gasteiger partial charge in [0, 0.05) is 5.69 Å². The third-order valence-electron chi connectivity index (χ3n) is 3.04. The average molecular weight is 306 g/mol. The Kier molecular flexibility index (Phi) is 7.24. The molecule has 1 aromatic rings. The number of pyridine rings is 1. The molecule has 0 aliphatic heterocycles. The fraction of sp³-hybridized carbons (Fsp3) is 0.562. The van der Waals surface area contributed by atoms with Crippen molar-refractivity contribution in [3.05, 3.63) is 22.9 Å². The van der Waals surface area contributed by atoms with Crippen molar-refractivity contribution in [1.82, 2.24) is 4.98 Å². The first-order valence-corrected chi connectivity index (χ1v) is 8.09. The summed E-state index contributed by atoms with van der Waals surface area (Å²) in [6, 6.07) is 4.03. The van der Waals surface area contributed by atoms with Crippen LogP contribution in [0, 0.1) is 25.2 Å². The number of carbonyl (C=O) groups is 1. The van der Waals surface area contributed by atoms with Gasteiger partial charge < -0.3 is 4.74 Å². The summed E-state index contributed by atoms with van der Waals surface area (Å²) in [5.41, 5.74) is 2.27. The maximum atomic E-state index is 11.9. The number of carbonyl (C=O) groups excluding carboxylic acids is 1. The molecule has 1 aromatic heterocycles. The van der Waals surface area contributed by atoms with Crippen LogP contribution in [-0.2, 0) is 9.53 Å². The van der Waals surface area contributed by atoms with Gasteiger partial charge in [-0.3, -0.25) is 4.79 Å². The molecule has 5 heteroatoms. The van der Waals surface area contributed by atoms with Gasteiger partial charge in [-0.25, -0.2) is 4.98 Å². The molecule has 0 saturated heterocycles. The number of thioether (sulfide) groups is 1. The van der Waals surface area contributed by atoms with Crippen molar-refractivity contribution in [1.29, 1.82) is 5.26 Å². The Morgan fingerprint density at radius 1 is 1.48 bits per heavy atom. The van der Waals surface area contributed by atoms with Crippen molar-refractivity contribution in [2.24, 2.45) is 0 Å². The normalized spacial score (nSPS) is 11.8. The van der Waals surface area contributed by atoms with Gasteiger partial charge in [0.15, 0.2) is 0 Å². The smallest absolute Gasteiger partial charge is 0.319 e. The molecule has 0 saturated carbocycles. The maximum Gasteiger partial charge on any atom is 0.319 e. The highest BCUT2D eigenvalue weighted by Gasteiger charge is 2.19. The van der Waals surface area contributed by atoms with Crippen LogP contribution in [0.4, 0.5) is 0 Å². The number of hydrogen-bond acceptors (Lipinski definition) is 5. The molecule has 114 valence electrons. The number of esters is 1. The molecular weight excluding hydrogens is 284 g/mol. The van der Waals surface area contributed by atoms with E-state index in [1.807, 2.05) is 19.9 Å². The van der Waals surface area contributed by atoms with E-state index < -0.39 is 0 Å². The van der Waals surface area contributed by atoms with Crippen molar-refractivity contribution in [3.8, 4) is 6.07 Å². The second kappa shape index (κ2) is 8.68. The van der Waals surface area contributed by atoms with Gasteiger partial charge in [-0.1, -0.05) is 31.5 Å². The van der Waals surface area contributed by atoms with Crippen LogP contribution in [0.15, 0.2) is 11.1 Å². The highest BCUT2D eigenvalue weighted by molar-refractivity contribution is 8.00. The molecule has 0 aliphatic carbocycles. The molecule has 1 atom stereocenters. The fourth-order valence-electron chi connectivity index (χ4n) is 1.88. The molecule has 21 heavy (non-hydrogen) atoms. The molecular formula is C16H22N2O2S. The zero-order valence-electron chi connectivity index (χ0n) is 13.1. The van der Waals surface area contributed by atoms with Gasteiger partial charge in [0.2, 0.25) is 0 Å². The van der Waals surface area contributed by atoms with E-state index in [4.69, 9.17) is 4.74 Å². The molecule has 0 aromatic carbocycles. The summed E-state index contributed by atoms with van der Waals surface area (Å²) in [7, 11) is 0. The van der Waals surface area contributed by atoms with Crippen LogP contribution in [0.5, 0.6) is 0 Å². The highest BCUT2D eigenvalue weighted by Crippen LogP contribution is 2.27. The molecule has 0 N–H and O–H groups in total. The average Bonchev–Trinajstić information content (AvgIpc) is 2.43. The molecule has 0 spiro atoms. The quantitative estimate of drug-likeness (QED) is 0.436. The molecule has 0 bridgehead atoms. The van der Waals surface area contributed by atoms with Crippen molar-refractivity contribution >= 4 is 17.7 Å². The highest BCUT2D eigenvalue weighted by atomic mass is 32.2. The number of aryl methyl sites for hydroxylation is 2. The predicted molar refractivity (Wildman–Crippen MR) is 84.2 cm³/mol. The predicted octanol–water partition coefficient (Wildman–Crippen LogP) is 3.78. The second-order valence-electron chi connectivity index (χ2n) is 5.01. The Labute approximate surface area is 130 Å². The molecule has 1 unspecified atom stereocenters. The van der Waals surface area contributed by atoms with Gasteiger partial charge in [-0.05, 0) is 38.8 Å². The van der Waals surface area contributed by atoms with Gasteiger partial charge in [-0.2, -0.15) is 5.26 Å². The summed E-state index contributed by atoms with van der Waals surface area (Å²) in [6.07, 6.45) is 3.05. The molecule has 4 nitrogen and oxygen atoms in total. The Hall–Kier alpha value is -1.54. The minimum absolute atomic E-state index is 0.249. The summed E-state index contributed by atoms with van der Waals surface area (Å²) in [6.45, 7) is 8.11. The lowest BCUT2D eigenvalue weighted by Crippen LogP contribution is -2.18. The van der Waals surface area contributed by atoms with Crippen molar-refractivity contribution in [2.45, 2.75) is 57.2 Å². The van der Waals surface area contributed by atoms with Crippen molar-refractivity contribution in [3.63, 3.8) is 0 Å². The zero-order valence-corrected chi connectivity index (χ0v) is 13.9. The summed E-state index contributed by atoms with van der Waals surface area (Å²) < 4.78 is 5.24. The van der Waals surface area contributed by atoms with E-state index >= 15 is 0 Å². The van der Waals surface area contributed by atoms with E-state index in [1.54, 1.807) is 6.92 Å². The van der Waals surface area contributed by atoms with E-state index in [9.17, 15) is 10.1 Å². The number of rotatable bonds is 7. The zero-order chi connectivity index (χ0) is 15.8. The summed E-state index contributed by atoms with van der Waals surface area (Å²) in [5.74, 6) is -0.249. The Morgan fingerprint density at radius 3 is 2.81 bits per heavy atom. The topological polar surface area (TPSA) is 63.0 Å². The maximum absolute atomic E-state index is 11.9. The van der Waals surface area contributed by atoms with Gasteiger partial charge in [0.05, 0.1) is 12.2 Å². The van der Waals surface area contributed by atoms with E-state index in [-0.39, 0.29) is 11.2 Å². The Balaban J connectivity index is 2.68. The SMILES string of the molecule is CCCCCOC(=O)C(C)Sc1nc(C)cc(C)c1C#N. The largest absolute Gasteiger partial charge is 0.465 e. The first kappa shape index (κ1) is 17.5. The van der Waals surface area contributed by atoms with Crippen LogP contribution < -0.4 is 0 Å². The number of ether oxygens (including phenoxy) is 1. The lowest BCUT2D eigenvalue weighted by atomic mass is 10.1. The lowest BCUT2D eigenvalue weighted by molar-refractivity contribution is -0.142. The minimum atomic E-state index is -0.368. The summed E-state index contributed by atoms with van der Waals surface area (Å²) >= 11 is 1.29. The third kappa shape index (κ3) is 5.39. The van der Waals surface area contributed by atoms with Crippen LogP contribution in [0.25, 0.3) is 0 Å². The summed E-state index contributed by atoms with van der Waals surface area (Å²) in [4.78, 5) is 16.3. The van der Waals surface area contributed by atoms with E-state index in [0.29, 0.717) is 17.2 Å². The Morgan fingerprint density at radius 2 is 2.19 bits per heavy atom. The number of hydrogen-bond donors (Lipinski definition) is 0. The van der Waals surface area contributed by atoms with Crippen LogP contribution in [0.2, 0.25) is 0 Å². The van der Waals surface area contributed by atoms with Gasteiger partial charge in [-0.15, -0.1) is 0 Å². The number of aromatic nitrogens is 1. The number of nitriles is 1. The molecule has 0 fully saturated rings. The molecule has 1 rings (SSSR count). The lowest BCUT2D eigenvalue weighted by Gasteiger charge is -2.13. The number of unbranched alkanes of at least 4 members (excludes halogenated alkanes) is 2. The van der Waals surface area contributed by atoms with E-state index in [0.717, 1.165) is 30.5 Å². The van der Waals surface area contributed by atoms with Crippen LogP contribution >= 0.6 is 11.8 Å². The van der Waals surface area contributed by atoms with E-state index in [1.165, 1.54) is 11.8 Å². The van der Waals surface area contributed by atoms with Crippen molar-refractivity contribution in [2.75, 3.05) is 6.61 Å².